The summed E-state index contributed by atoms with van der Waals surface area (Å²) >= 11 is 3.58. The molecule has 41 heavy (non-hydrogen) atoms. The second-order valence-electron chi connectivity index (χ2n) is 12.9. The van der Waals surface area contributed by atoms with Gasteiger partial charge >= 0.3 is 5.97 Å². The molecule has 1 heterocycles. The number of benzene rings is 2. The average Bonchev–Trinajstić information content (AvgIpc) is 2.85. The molecule has 0 saturated carbocycles. The smallest absolute Gasteiger partial charge is 0.305 e. The summed E-state index contributed by atoms with van der Waals surface area (Å²) < 4.78 is 20.9. The lowest BCUT2D eigenvalue weighted by molar-refractivity contribution is -0.137. The van der Waals surface area contributed by atoms with Crippen molar-refractivity contribution in [3.8, 4) is 5.75 Å². The van der Waals surface area contributed by atoms with Gasteiger partial charge in [-0.1, -0.05) is 55.8 Å². The molecular weight excluding hydrogens is 589 g/mol. The highest BCUT2D eigenvalue weighted by molar-refractivity contribution is 9.10. The Balaban J connectivity index is 1.70. The number of ether oxygens (including phenoxy) is 1. The Morgan fingerprint density at radius 1 is 0.976 bits per heavy atom. The second-order valence-corrected chi connectivity index (χ2v) is 13.8. The molecule has 2 aromatic rings. The molecule has 0 saturated heterocycles. The molecule has 0 amide bonds. The van der Waals surface area contributed by atoms with Crippen LogP contribution in [0.15, 0.2) is 69.5 Å². The first-order valence-corrected chi connectivity index (χ1v) is 14.7. The van der Waals surface area contributed by atoms with Crippen molar-refractivity contribution in [2.45, 2.75) is 72.3 Å². The minimum absolute atomic E-state index is 0.0400. The van der Waals surface area contributed by atoms with E-state index in [0.29, 0.717) is 53.7 Å². The molecule has 0 radical (unpaired) electrons. The summed E-state index contributed by atoms with van der Waals surface area (Å²) in [7, 11) is 0. The molecule has 0 bridgehead atoms. The van der Waals surface area contributed by atoms with Crippen molar-refractivity contribution >= 4 is 33.5 Å². The first-order valence-electron chi connectivity index (χ1n) is 13.9. The van der Waals surface area contributed by atoms with E-state index in [1.165, 1.54) is 12.1 Å². The first kappa shape index (κ1) is 29.2. The van der Waals surface area contributed by atoms with E-state index in [0.717, 1.165) is 15.9 Å². The van der Waals surface area contributed by atoms with Crippen molar-refractivity contribution in [1.82, 2.24) is 4.90 Å². The van der Waals surface area contributed by atoms with Gasteiger partial charge in [-0.2, -0.15) is 0 Å². The molecule has 0 atom stereocenters. The molecule has 0 spiro atoms. The quantitative estimate of drug-likeness (QED) is 0.348. The Hall–Kier alpha value is -3.26. The van der Waals surface area contributed by atoms with Gasteiger partial charge in [0.05, 0.1) is 6.42 Å². The Morgan fingerprint density at radius 3 is 2.15 bits per heavy atom. The second kappa shape index (κ2) is 10.9. The third kappa shape index (κ3) is 6.03. The van der Waals surface area contributed by atoms with Crippen molar-refractivity contribution in [1.29, 1.82) is 0 Å². The third-order valence-corrected chi connectivity index (χ3v) is 8.63. The van der Waals surface area contributed by atoms with Crippen LogP contribution in [0.4, 0.5) is 4.39 Å². The molecular formula is C33H35BrFNO5. The molecule has 6 nitrogen and oxygen atoms in total. The van der Waals surface area contributed by atoms with Crippen LogP contribution in [-0.4, -0.2) is 34.1 Å². The van der Waals surface area contributed by atoms with E-state index in [1.54, 1.807) is 12.1 Å². The summed E-state index contributed by atoms with van der Waals surface area (Å²) in [4.78, 5) is 41.7. The molecule has 1 N–H and O–H groups in total. The molecule has 216 valence electrons. The number of rotatable bonds is 7. The number of halogens is 2. The van der Waals surface area contributed by atoms with E-state index in [-0.39, 0.29) is 47.8 Å². The van der Waals surface area contributed by atoms with E-state index >= 15 is 0 Å². The monoisotopic (exact) mass is 623 g/mol. The predicted octanol–water partition coefficient (Wildman–Crippen LogP) is 7.33. The maximum atomic E-state index is 14.0. The molecule has 0 fully saturated rings. The fourth-order valence-corrected chi connectivity index (χ4v) is 6.88. The van der Waals surface area contributed by atoms with Gasteiger partial charge in [0, 0.05) is 57.9 Å². The standard InChI is InChI=1S/C33H35BrFNO5/c1-32(2)14-23-30(25(37)16-32)29(31-24(36(23)11-10-28(39)40)15-33(3,4)17-26(31)38)22-13-20(34)8-9-27(22)41-18-19-6-5-7-21(35)12-19/h5-9,12-13,29H,10-11,14-18H2,1-4H3,(H,39,40). The lowest BCUT2D eigenvalue weighted by Gasteiger charge is -2.49. The number of hydrogen-bond donors (Lipinski definition) is 1. The van der Waals surface area contributed by atoms with Crippen molar-refractivity contribution in [2.75, 3.05) is 6.54 Å². The van der Waals surface area contributed by atoms with Gasteiger partial charge in [-0.15, -0.1) is 0 Å². The van der Waals surface area contributed by atoms with Crippen LogP contribution in [0.1, 0.15) is 76.8 Å². The van der Waals surface area contributed by atoms with Gasteiger partial charge < -0.3 is 14.7 Å². The molecule has 3 aliphatic rings. The van der Waals surface area contributed by atoms with Crippen LogP contribution in [0, 0.1) is 16.6 Å². The first-order chi connectivity index (χ1) is 19.2. The van der Waals surface area contributed by atoms with Gasteiger partial charge in [-0.3, -0.25) is 14.4 Å². The topological polar surface area (TPSA) is 83.9 Å². The zero-order valence-corrected chi connectivity index (χ0v) is 25.4. The normalized spacial score (nSPS) is 20.2. The Labute approximate surface area is 248 Å². The highest BCUT2D eigenvalue weighted by atomic mass is 79.9. The Kier molecular flexibility index (Phi) is 7.74. The van der Waals surface area contributed by atoms with Gasteiger partial charge in [0.25, 0.3) is 0 Å². The Bertz CT molecular complexity index is 1450. The number of carboxylic acid groups (broad SMARTS) is 1. The Morgan fingerprint density at radius 2 is 1.59 bits per heavy atom. The summed E-state index contributed by atoms with van der Waals surface area (Å²) in [6.07, 6.45) is 1.71. The number of hydrogen-bond acceptors (Lipinski definition) is 5. The number of ketones is 2. The van der Waals surface area contributed by atoms with Crippen LogP contribution in [0.5, 0.6) is 5.75 Å². The minimum atomic E-state index is -0.931. The maximum Gasteiger partial charge on any atom is 0.305 e. The molecule has 2 aromatic carbocycles. The zero-order valence-electron chi connectivity index (χ0n) is 23.9. The van der Waals surface area contributed by atoms with E-state index < -0.39 is 11.9 Å². The summed E-state index contributed by atoms with van der Waals surface area (Å²) in [5.74, 6) is -1.50. The van der Waals surface area contributed by atoms with Crippen LogP contribution in [0.2, 0.25) is 0 Å². The number of carbonyl (C=O) groups is 3. The number of carbonyl (C=O) groups excluding carboxylic acids is 2. The van der Waals surface area contributed by atoms with Crippen molar-refractivity contribution < 1.29 is 28.6 Å². The molecule has 0 aromatic heterocycles. The summed E-state index contributed by atoms with van der Waals surface area (Å²) in [6, 6.07) is 11.7. The number of nitrogens with zero attached hydrogens (tertiary/aromatic N) is 1. The summed E-state index contributed by atoms with van der Waals surface area (Å²) in [5.41, 5.74) is 3.42. The number of carboxylic acids is 1. The summed E-state index contributed by atoms with van der Waals surface area (Å²) in [5, 5.41) is 9.57. The zero-order chi connectivity index (χ0) is 29.7. The highest BCUT2D eigenvalue weighted by Gasteiger charge is 2.49. The summed E-state index contributed by atoms with van der Waals surface area (Å²) in [6.45, 7) is 8.49. The fraction of sp³-hybridized carbons (Fsp3) is 0.424. The fourth-order valence-electron chi connectivity index (χ4n) is 6.50. The lowest BCUT2D eigenvalue weighted by atomic mass is 9.63. The number of aliphatic carboxylic acids is 1. The van der Waals surface area contributed by atoms with E-state index in [2.05, 4.69) is 15.9 Å². The van der Waals surface area contributed by atoms with Gasteiger partial charge in [-0.05, 0) is 59.6 Å². The van der Waals surface area contributed by atoms with Crippen LogP contribution < -0.4 is 4.74 Å². The van der Waals surface area contributed by atoms with E-state index in [4.69, 9.17) is 4.74 Å². The number of allylic oxidation sites excluding steroid dienone is 4. The number of Topliss-reactive ketones (excluding diaryl/α,β-unsaturated/α-hetero) is 2. The minimum Gasteiger partial charge on any atom is -0.489 e. The average molecular weight is 625 g/mol. The van der Waals surface area contributed by atoms with Crippen LogP contribution in [-0.2, 0) is 21.0 Å². The van der Waals surface area contributed by atoms with Crippen LogP contribution >= 0.6 is 15.9 Å². The van der Waals surface area contributed by atoms with Crippen molar-refractivity contribution in [3.05, 3.63) is 86.4 Å². The molecule has 8 heteroatoms. The molecule has 2 aliphatic carbocycles. The van der Waals surface area contributed by atoms with Crippen molar-refractivity contribution in [3.63, 3.8) is 0 Å². The van der Waals surface area contributed by atoms with Gasteiger partial charge in [-0.25, -0.2) is 4.39 Å². The van der Waals surface area contributed by atoms with E-state index in [1.807, 2.05) is 50.8 Å². The third-order valence-electron chi connectivity index (χ3n) is 8.14. The highest BCUT2D eigenvalue weighted by Crippen LogP contribution is 2.55. The van der Waals surface area contributed by atoms with Crippen LogP contribution in [0.25, 0.3) is 0 Å². The molecule has 1 aliphatic heterocycles. The van der Waals surface area contributed by atoms with Gasteiger partial charge in [0.15, 0.2) is 11.6 Å². The molecule has 0 unspecified atom stereocenters. The van der Waals surface area contributed by atoms with Crippen LogP contribution in [0.3, 0.4) is 0 Å². The molecule has 5 rings (SSSR count). The van der Waals surface area contributed by atoms with E-state index in [9.17, 15) is 23.9 Å². The van der Waals surface area contributed by atoms with Gasteiger partial charge in [0.2, 0.25) is 0 Å². The maximum absolute atomic E-state index is 14.0. The van der Waals surface area contributed by atoms with Gasteiger partial charge in [0.1, 0.15) is 18.2 Å². The largest absolute Gasteiger partial charge is 0.489 e. The van der Waals surface area contributed by atoms with Crippen molar-refractivity contribution in [2.24, 2.45) is 10.8 Å². The SMILES string of the molecule is CC1(C)CC(=O)C2=C(C1)N(CCC(=O)O)C1=C(C(=O)CC(C)(C)C1)C2c1cc(Br)ccc1OCc1cccc(F)c1. The predicted molar refractivity (Wildman–Crippen MR) is 157 cm³/mol. The lowest BCUT2D eigenvalue weighted by Crippen LogP contribution is -2.45.